The Morgan fingerprint density at radius 3 is 2.62 bits per heavy atom. The first-order chi connectivity index (χ1) is 19.7. The lowest BCUT2D eigenvalue weighted by atomic mass is 10.1. The quantitative estimate of drug-likeness (QED) is 0.180. The van der Waals surface area contributed by atoms with Crippen LogP contribution in [0.5, 0.6) is 0 Å². The van der Waals surface area contributed by atoms with Crippen LogP contribution in [0, 0.1) is 5.82 Å². The molecule has 230 valence electrons. The number of nitrogens with two attached hydrogens (primary N) is 1. The molecule has 0 aliphatic rings. The molecule has 0 aliphatic heterocycles. The standard InChI is InChI=1S/C28H39FN5O7P/c1-7-12-38-27(36)28(5,6)33-42(37,40-15-20-8-9-21(29)13-22(20)26(35)41-18(2)3)17-39-19(4)14-34-16-32-24-23(30)10-11-31-25(24)34/h8-11,13,16,18-19H,7,12,14-15,17H2,1-6H3,(H2,30,31)(H,33,37)/t19-,42+/m1/s1. The highest BCUT2D eigenvalue weighted by atomic mass is 31.2. The lowest BCUT2D eigenvalue weighted by Gasteiger charge is -2.30. The number of fused-ring (bicyclic) bond motifs is 1. The molecule has 0 bridgehead atoms. The van der Waals surface area contributed by atoms with Crippen molar-refractivity contribution in [3.8, 4) is 0 Å². The maximum absolute atomic E-state index is 14.2. The van der Waals surface area contributed by atoms with E-state index in [0.717, 1.165) is 12.1 Å². The number of pyridine rings is 1. The number of benzene rings is 1. The molecule has 0 aliphatic carbocycles. The number of imidazole rings is 1. The summed E-state index contributed by atoms with van der Waals surface area (Å²) in [4.78, 5) is 34.0. The fraction of sp³-hybridized carbons (Fsp3) is 0.500. The van der Waals surface area contributed by atoms with E-state index < -0.39 is 49.4 Å². The van der Waals surface area contributed by atoms with Gasteiger partial charge in [0.25, 0.3) is 7.52 Å². The second-order valence-corrected chi connectivity index (χ2v) is 12.7. The summed E-state index contributed by atoms with van der Waals surface area (Å²) in [6.07, 6.45) is 2.40. The van der Waals surface area contributed by atoms with Gasteiger partial charge in [-0.3, -0.25) is 9.36 Å². The predicted molar refractivity (Wildman–Crippen MR) is 155 cm³/mol. The minimum Gasteiger partial charge on any atom is -0.464 e. The number of hydrogen-bond donors (Lipinski definition) is 2. The molecule has 0 fully saturated rings. The minimum atomic E-state index is -3.96. The zero-order valence-electron chi connectivity index (χ0n) is 24.8. The van der Waals surface area contributed by atoms with Crippen LogP contribution in [0.2, 0.25) is 0 Å². The monoisotopic (exact) mass is 607 g/mol. The maximum Gasteiger partial charge on any atom is 0.338 e. The highest BCUT2D eigenvalue weighted by Crippen LogP contribution is 2.46. The number of carbonyl (C=O) groups is 2. The molecule has 0 spiro atoms. The number of nitrogens with one attached hydrogen (secondary N) is 1. The molecule has 3 aromatic rings. The summed E-state index contributed by atoms with van der Waals surface area (Å²) < 4.78 is 52.2. The number of nitrogens with zero attached hydrogens (tertiary/aromatic N) is 3. The summed E-state index contributed by atoms with van der Waals surface area (Å²) in [6.45, 7) is 10.1. The van der Waals surface area contributed by atoms with Gasteiger partial charge < -0.3 is 29.0 Å². The van der Waals surface area contributed by atoms with Crippen LogP contribution in [0.4, 0.5) is 10.1 Å². The Hall–Kier alpha value is -3.38. The van der Waals surface area contributed by atoms with Crippen LogP contribution in [-0.4, -0.2) is 57.2 Å². The van der Waals surface area contributed by atoms with E-state index in [-0.39, 0.29) is 24.3 Å². The third kappa shape index (κ3) is 8.81. The summed E-state index contributed by atoms with van der Waals surface area (Å²) in [7, 11) is -3.96. The van der Waals surface area contributed by atoms with Gasteiger partial charge in [0.1, 0.15) is 23.2 Å². The smallest absolute Gasteiger partial charge is 0.338 e. The van der Waals surface area contributed by atoms with E-state index in [9.17, 15) is 18.5 Å². The van der Waals surface area contributed by atoms with Gasteiger partial charge in [0, 0.05) is 6.20 Å². The SMILES string of the molecule is CCCOC(=O)C(C)(C)N[P@](=O)(CO[C@H](C)Cn1cnc2c(N)ccnc21)OCc1ccc(F)cc1C(=O)OC(C)C. The third-order valence-electron chi connectivity index (χ3n) is 5.98. The van der Waals surface area contributed by atoms with Gasteiger partial charge in [-0.1, -0.05) is 13.0 Å². The number of rotatable bonds is 15. The van der Waals surface area contributed by atoms with Crippen molar-refractivity contribution >= 4 is 36.3 Å². The Morgan fingerprint density at radius 2 is 1.93 bits per heavy atom. The largest absolute Gasteiger partial charge is 0.464 e. The number of hydrogen-bond acceptors (Lipinski definition) is 10. The minimum absolute atomic E-state index is 0.0649. The van der Waals surface area contributed by atoms with Crippen LogP contribution in [0.1, 0.15) is 63.9 Å². The first-order valence-electron chi connectivity index (χ1n) is 13.6. The molecule has 0 amide bonds. The average Bonchev–Trinajstić information content (AvgIpc) is 3.33. The number of ether oxygens (including phenoxy) is 3. The molecule has 0 saturated heterocycles. The van der Waals surface area contributed by atoms with Crippen LogP contribution in [0.3, 0.4) is 0 Å². The van der Waals surface area contributed by atoms with Crippen molar-refractivity contribution in [2.24, 2.45) is 0 Å². The molecular formula is C28H39FN5O7P. The van der Waals surface area contributed by atoms with Crippen molar-refractivity contribution in [3.05, 3.63) is 53.7 Å². The van der Waals surface area contributed by atoms with Crippen molar-refractivity contribution in [3.63, 3.8) is 0 Å². The van der Waals surface area contributed by atoms with E-state index in [1.165, 1.54) is 19.9 Å². The van der Waals surface area contributed by atoms with Gasteiger partial charge in [-0.15, -0.1) is 0 Å². The molecule has 3 N–H and O–H groups in total. The number of esters is 2. The molecule has 2 heterocycles. The van der Waals surface area contributed by atoms with Crippen molar-refractivity contribution in [2.75, 3.05) is 18.7 Å². The van der Waals surface area contributed by atoms with Gasteiger partial charge in [-0.05, 0) is 64.8 Å². The Balaban J connectivity index is 1.81. The van der Waals surface area contributed by atoms with E-state index >= 15 is 0 Å². The van der Waals surface area contributed by atoms with Gasteiger partial charge in [-0.25, -0.2) is 24.2 Å². The zero-order chi connectivity index (χ0) is 31.1. The average molecular weight is 608 g/mol. The number of carbonyl (C=O) groups excluding carboxylic acids is 2. The molecule has 0 saturated carbocycles. The Morgan fingerprint density at radius 1 is 1.19 bits per heavy atom. The Bertz CT molecular complexity index is 1450. The first kappa shape index (κ1) is 33.1. The predicted octanol–water partition coefficient (Wildman–Crippen LogP) is 4.81. The van der Waals surface area contributed by atoms with E-state index in [1.54, 1.807) is 43.9 Å². The summed E-state index contributed by atoms with van der Waals surface area (Å²) in [5, 5.41) is 2.79. The lowest BCUT2D eigenvalue weighted by Crippen LogP contribution is -2.47. The number of nitrogen functional groups attached to an aromatic ring is 1. The highest BCUT2D eigenvalue weighted by molar-refractivity contribution is 7.56. The molecule has 0 unspecified atom stereocenters. The highest BCUT2D eigenvalue weighted by Gasteiger charge is 2.39. The molecule has 2 aromatic heterocycles. The van der Waals surface area contributed by atoms with Gasteiger partial charge in [0.2, 0.25) is 0 Å². The second kappa shape index (κ2) is 14.2. The summed E-state index contributed by atoms with van der Waals surface area (Å²) in [5.41, 5.74) is 6.36. The molecule has 12 nitrogen and oxygen atoms in total. The second-order valence-electron chi connectivity index (χ2n) is 10.7. The van der Waals surface area contributed by atoms with Crippen LogP contribution >= 0.6 is 7.52 Å². The molecule has 0 radical (unpaired) electrons. The van der Waals surface area contributed by atoms with E-state index in [1.807, 2.05) is 6.92 Å². The van der Waals surface area contributed by atoms with Crippen molar-refractivity contribution in [1.29, 1.82) is 0 Å². The van der Waals surface area contributed by atoms with Crippen LogP contribution in [-0.2, 0) is 41.2 Å². The molecule has 1 aromatic carbocycles. The molecule has 3 rings (SSSR count). The number of anilines is 1. The van der Waals surface area contributed by atoms with Crippen molar-refractivity contribution in [1.82, 2.24) is 19.6 Å². The van der Waals surface area contributed by atoms with Gasteiger partial charge in [0.05, 0.1) is 49.5 Å². The van der Waals surface area contributed by atoms with E-state index in [2.05, 4.69) is 15.1 Å². The van der Waals surface area contributed by atoms with Gasteiger partial charge in [-0.2, -0.15) is 0 Å². The lowest BCUT2D eigenvalue weighted by molar-refractivity contribution is -0.149. The Kier molecular flexibility index (Phi) is 11.2. The van der Waals surface area contributed by atoms with Crippen LogP contribution in [0.25, 0.3) is 11.2 Å². The molecule has 2 atom stereocenters. The zero-order valence-corrected chi connectivity index (χ0v) is 25.7. The first-order valence-corrected chi connectivity index (χ1v) is 15.4. The topological polar surface area (TPSA) is 157 Å². The van der Waals surface area contributed by atoms with E-state index in [0.29, 0.717) is 29.8 Å². The number of aromatic nitrogens is 3. The third-order valence-corrected chi connectivity index (χ3v) is 7.91. The number of halogens is 1. The normalized spacial score (nSPS) is 14.1. The summed E-state index contributed by atoms with van der Waals surface area (Å²) in [5.74, 6) is -2.02. The Labute approximate surface area is 244 Å². The summed E-state index contributed by atoms with van der Waals surface area (Å²) >= 11 is 0. The van der Waals surface area contributed by atoms with E-state index in [4.69, 9.17) is 24.5 Å². The van der Waals surface area contributed by atoms with Crippen LogP contribution < -0.4 is 10.8 Å². The van der Waals surface area contributed by atoms with Crippen molar-refractivity contribution in [2.45, 2.75) is 78.9 Å². The maximum atomic E-state index is 14.2. The van der Waals surface area contributed by atoms with Gasteiger partial charge >= 0.3 is 11.9 Å². The molecule has 42 heavy (non-hydrogen) atoms. The van der Waals surface area contributed by atoms with Crippen LogP contribution in [0.15, 0.2) is 36.8 Å². The fourth-order valence-electron chi connectivity index (χ4n) is 3.94. The van der Waals surface area contributed by atoms with Gasteiger partial charge in [0.15, 0.2) is 5.65 Å². The molecule has 14 heteroatoms. The summed E-state index contributed by atoms with van der Waals surface area (Å²) in [6, 6.07) is 5.19. The molecular weight excluding hydrogens is 568 g/mol. The van der Waals surface area contributed by atoms with Crippen molar-refractivity contribution < 1.29 is 37.3 Å². The fourth-order valence-corrected chi connectivity index (χ4v) is 5.88.